The molecular formula is C15H14ClF2N3O2. The number of hydrogen-bond acceptors (Lipinski definition) is 3. The lowest BCUT2D eigenvalue weighted by atomic mass is 9.97. The molecule has 1 aliphatic rings. The third kappa shape index (κ3) is 2.94. The summed E-state index contributed by atoms with van der Waals surface area (Å²) in [4.78, 5) is 19.7. The molecule has 1 atom stereocenters. The number of halogens is 3. The quantitative estimate of drug-likeness (QED) is 0.843. The van der Waals surface area contributed by atoms with E-state index in [4.69, 9.17) is 16.3 Å². The van der Waals surface area contributed by atoms with Gasteiger partial charge in [-0.1, -0.05) is 11.6 Å². The zero-order valence-electron chi connectivity index (χ0n) is 12.3. The Morgan fingerprint density at radius 2 is 2.22 bits per heavy atom. The molecule has 8 heteroatoms. The van der Waals surface area contributed by atoms with Gasteiger partial charge in [-0.05, 0) is 19.1 Å². The summed E-state index contributed by atoms with van der Waals surface area (Å²) in [6, 6.07) is 1.56. The minimum absolute atomic E-state index is 0.198. The number of imidazole rings is 1. The number of aromatic amines is 1. The van der Waals surface area contributed by atoms with Gasteiger partial charge in [-0.25, -0.2) is 13.8 Å². The smallest absolute Gasteiger partial charge is 0.255 e. The van der Waals surface area contributed by atoms with Crippen LogP contribution in [0.5, 0.6) is 0 Å². The predicted octanol–water partition coefficient (Wildman–Crippen LogP) is 2.70. The van der Waals surface area contributed by atoms with Crippen molar-refractivity contribution in [3.8, 4) is 0 Å². The first-order valence-electron chi connectivity index (χ1n) is 6.98. The maximum atomic E-state index is 13.9. The molecule has 0 bridgehead atoms. The topological polar surface area (TPSA) is 67.0 Å². The third-order valence-corrected chi connectivity index (χ3v) is 4.07. The van der Waals surface area contributed by atoms with E-state index in [2.05, 4.69) is 15.3 Å². The molecule has 0 spiro atoms. The molecule has 1 saturated heterocycles. The highest BCUT2D eigenvalue weighted by atomic mass is 35.5. The van der Waals surface area contributed by atoms with Crippen LogP contribution in [0.15, 0.2) is 18.3 Å². The Morgan fingerprint density at radius 3 is 2.83 bits per heavy atom. The van der Waals surface area contributed by atoms with Crippen molar-refractivity contribution >= 4 is 17.5 Å². The standard InChI is InChI=1S/C15H14ClF2N3O2/c1-8-6-19-14(20-8)15(2-3-23-7-15)21-13(22)9-4-12(18)10(16)5-11(9)17/h4-6H,2-3,7H2,1H3,(H,19,20)(H,21,22). The molecule has 1 amide bonds. The van der Waals surface area contributed by atoms with Gasteiger partial charge >= 0.3 is 0 Å². The number of hydrogen-bond donors (Lipinski definition) is 2. The number of carbonyl (C=O) groups excluding carboxylic acids is 1. The normalized spacial score (nSPS) is 20.7. The SMILES string of the molecule is Cc1cnc(C2(NC(=O)c3cc(F)c(Cl)cc3F)CCOC2)[nH]1. The average molecular weight is 342 g/mol. The second kappa shape index (κ2) is 5.90. The second-order valence-corrected chi connectivity index (χ2v) is 5.91. The van der Waals surface area contributed by atoms with E-state index in [1.807, 2.05) is 6.92 Å². The lowest BCUT2D eigenvalue weighted by Gasteiger charge is -2.26. The van der Waals surface area contributed by atoms with Crippen molar-refractivity contribution in [2.45, 2.75) is 18.9 Å². The molecule has 1 fully saturated rings. The number of benzene rings is 1. The van der Waals surface area contributed by atoms with Crippen LogP contribution in [0.25, 0.3) is 0 Å². The van der Waals surface area contributed by atoms with Crippen molar-refractivity contribution in [1.82, 2.24) is 15.3 Å². The van der Waals surface area contributed by atoms with Gasteiger partial charge in [-0.2, -0.15) is 0 Å². The van der Waals surface area contributed by atoms with Crippen LogP contribution in [-0.2, 0) is 10.3 Å². The Balaban J connectivity index is 1.92. The van der Waals surface area contributed by atoms with Crippen molar-refractivity contribution in [3.63, 3.8) is 0 Å². The van der Waals surface area contributed by atoms with Gasteiger partial charge in [0, 0.05) is 24.9 Å². The monoisotopic (exact) mass is 341 g/mol. The summed E-state index contributed by atoms with van der Waals surface area (Å²) in [7, 11) is 0. The molecular weight excluding hydrogens is 328 g/mol. The molecule has 0 saturated carbocycles. The van der Waals surface area contributed by atoms with Gasteiger partial charge in [0.2, 0.25) is 0 Å². The Hall–Kier alpha value is -1.99. The second-order valence-electron chi connectivity index (χ2n) is 5.50. The number of nitrogens with one attached hydrogen (secondary N) is 2. The van der Waals surface area contributed by atoms with Gasteiger partial charge in [-0.15, -0.1) is 0 Å². The van der Waals surface area contributed by atoms with Crippen LogP contribution in [0, 0.1) is 18.6 Å². The van der Waals surface area contributed by atoms with Crippen molar-refractivity contribution < 1.29 is 18.3 Å². The van der Waals surface area contributed by atoms with Crippen LogP contribution < -0.4 is 5.32 Å². The largest absolute Gasteiger partial charge is 0.378 e. The fourth-order valence-electron chi connectivity index (χ4n) is 2.55. The number of amides is 1. The number of rotatable bonds is 3. The highest BCUT2D eigenvalue weighted by molar-refractivity contribution is 6.30. The van der Waals surface area contributed by atoms with Crippen molar-refractivity contribution in [2.24, 2.45) is 0 Å². The number of ether oxygens (including phenoxy) is 1. The highest BCUT2D eigenvalue weighted by Gasteiger charge is 2.41. The highest BCUT2D eigenvalue weighted by Crippen LogP contribution is 2.29. The molecule has 122 valence electrons. The molecule has 5 nitrogen and oxygen atoms in total. The van der Waals surface area contributed by atoms with E-state index in [1.165, 1.54) is 0 Å². The van der Waals surface area contributed by atoms with Gasteiger partial charge in [0.15, 0.2) is 0 Å². The Bertz CT molecular complexity index is 757. The number of H-pyrrole nitrogens is 1. The van der Waals surface area contributed by atoms with Crippen molar-refractivity contribution in [3.05, 3.63) is 52.1 Å². The van der Waals surface area contributed by atoms with E-state index in [1.54, 1.807) is 6.20 Å². The van der Waals surface area contributed by atoms with E-state index < -0.39 is 28.6 Å². The summed E-state index contributed by atoms with van der Waals surface area (Å²) in [6.07, 6.45) is 2.10. The van der Waals surface area contributed by atoms with E-state index in [-0.39, 0.29) is 11.6 Å². The van der Waals surface area contributed by atoms with E-state index in [9.17, 15) is 13.6 Å². The molecule has 1 unspecified atom stereocenters. The minimum atomic E-state index is -0.895. The number of nitrogens with zero attached hydrogens (tertiary/aromatic N) is 1. The summed E-state index contributed by atoms with van der Waals surface area (Å²) in [6.45, 7) is 2.46. The first kappa shape index (κ1) is 15.9. The lowest BCUT2D eigenvalue weighted by Crippen LogP contribution is -2.47. The van der Waals surface area contributed by atoms with Crippen LogP contribution in [0.4, 0.5) is 8.78 Å². The van der Waals surface area contributed by atoms with E-state index >= 15 is 0 Å². The van der Waals surface area contributed by atoms with Gasteiger partial charge in [0.1, 0.15) is 23.0 Å². The molecule has 0 aliphatic carbocycles. The molecule has 1 aromatic carbocycles. The van der Waals surface area contributed by atoms with Gasteiger partial charge < -0.3 is 15.0 Å². The van der Waals surface area contributed by atoms with E-state index in [0.29, 0.717) is 18.9 Å². The Morgan fingerprint density at radius 1 is 1.43 bits per heavy atom. The van der Waals surface area contributed by atoms with Crippen LogP contribution in [0.1, 0.15) is 28.3 Å². The Kier molecular flexibility index (Phi) is 4.08. The zero-order valence-corrected chi connectivity index (χ0v) is 13.0. The average Bonchev–Trinajstić information content (AvgIpc) is 3.12. The van der Waals surface area contributed by atoms with Gasteiger partial charge in [-0.3, -0.25) is 4.79 Å². The minimum Gasteiger partial charge on any atom is -0.378 e. The molecule has 1 aromatic heterocycles. The maximum Gasteiger partial charge on any atom is 0.255 e. The summed E-state index contributed by atoms with van der Waals surface area (Å²) in [5, 5.41) is 2.34. The molecule has 2 heterocycles. The molecule has 23 heavy (non-hydrogen) atoms. The van der Waals surface area contributed by atoms with Crippen molar-refractivity contribution in [2.75, 3.05) is 13.2 Å². The summed E-state index contributed by atoms with van der Waals surface area (Å²) in [5.74, 6) is -1.98. The lowest BCUT2D eigenvalue weighted by molar-refractivity contribution is 0.0865. The zero-order chi connectivity index (χ0) is 16.6. The van der Waals surface area contributed by atoms with Crippen LogP contribution in [-0.4, -0.2) is 29.1 Å². The predicted molar refractivity (Wildman–Crippen MR) is 79.3 cm³/mol. The first-order valence-corrected chi connectivity index (χ1v) is 7.36. The van der Waals surface area contributed by atoms with Gasteiger partial charge in [0.25, 0.3) is 5.91 Å². The first-order chi connectivity index (χ1) is 10.9. The molecule has 2 N–H and O–H groups in total. The maximum absolute atomic E-state index is 13.9. The van der Waals surface area contributed by atoms with Gasteiger partial charge in [0.05, 0.1) is 17.2 Å². The fraction of sp³-hybridized carbons (Fsp3) is 0.333. The Labute approximate surface area is 136 Å². The number of aryl methyl sites for hydroxylation is 1. The molecule has 0 radical (unpaired) electrons. The molecule has 2 aromatic rings. The van der Waals surface area contributed by atoms with Crippen LogP contribution in [0.2, 0.25) is 5.02 Å². The summed E-state index contributed by atoms with van der Waals surface area (Å²) in [5.41, 5.74) is -0.487. The third-order valence-electron chi connectivity index (χ3n) is 3.79. The summed E-state index contributed by atoms with van der Waals surface area (Å²) >= 11 is 5.51. The summed E-state index contributed by atoms with van der Waals surface area (Å²) < 4.78 is 32.8. The number of carbonyl (C=O) groups is 1. The van der Waals surface area contributed by atoms with Crippen LogP contribution >= 0.6 is 11.6 Å². The van der Waals surface area contributed by atoms with Crippen LogP contribution in [0.3, 0.4) is 0 Å². The number of aromatic nitrogens is 2. The molecule has 1 aliphatic heterocycles. The fourth-order valence-corrected chi connectivity index (χ4v) is 2.70. The molecule has 3 rings (SSSR count). The van der Waals surface area contributed by atoms with E-state index in [0.717, 1.165) is 17.8 Å². The van der Waals surface area contributed by atoms with Crippen molar-refractivity contribution in [1.29, 1.82) is 0 Å².